The molecule has 0 N–H and O–H groups in total. The summed E-state index contributed by atoms with van der Waals surface area (Å²) in [6, 6.07) is 7.78. The minimum Gasteiger partial charge on any atom is -0.494 e. The lowest BCUT2D eigenvalue weighted by Gasteiger charge is -2.08. The van der Waals surface area contributed by atoms with E-state index in [2.05, 4.69) is 17.1 Å². The smallest absolute Gasteiger partial charge is 0.229 e. The van der Waals surface area contributed by atoms with Crippen molar-refractivity contribution in [2.75, 3.05) is 6.61 Å². The molecule has 0 bridgehead atoms. The molecule has 1 aromatic heterocycles. The Morgan fingerprint density at radius 1 is 1.17 bits per heavy atom. The van der Waals surface area contributed by atoms with Crippen LogP contribution in [0.4, 0.5) is 0 Å². The lowest BCUT2D eigenvalue weighted by atomic mass is 10.3. The highest BCUT2D eigenvalue weighted by Crippen LogP contribution is 2.20. The van der Waals surface area contributed by atoms with Gasteiger partial charge in [0.1, 0.15) is 11.6 Å². The molecule has 0 spiro atoms. The van der Waals surface area contributed by atoms with Gasteiger partial charge in [0.15, 0.2) is 0 Å². The minimum absolute atomic E-state index is 0.383. The molecule has 0 saturated heterocycles. The largest absolute Gasteiger partial charge is 0.494 e. The second-order valence-corrected chi connectivity index (χ2v) is 4.25. The Hall–Kier alpha value is -1.55. The number of hydrogen-bond donors (Lipinski definition) is 0. The van der Waals surface area contributed by atoms with Crippen molar-refractivity contribution in [1.29, 1.82) is 0 Å². The highest BCUT2D eigenvalue weighted by atomic mass is 35.5. The zero-order valence-corrected chi connectivity index (χ0v) is 11.3. The van der Waals surface area contributed by atoms with Gasteiger partial charge in [0, 0.05) is 6.42 Å². The molecule has 0 aliphatic carbocycles. The molecule has 1 aromatic carbocycles. The topological polar surface area (TPSA) is 39.9 Å². The summed E-state index contributed by atoms with van der Waals surface area (Å²) in [7, 11) is 0. The summed E-state index contributed by atoms with van der Waals surface area (Å²) in [5.41, 5.74) is 0.950. The molecule has 0 fully saturated rings. The first kappa shape index (κ1) is 12.9. The van der Waals surface area contributed by atoms with E-state index in [4.69, 9.17) is 16.3 Å². The van der Waals surface area contributed by atoms with Crippen LogP contribution >= 0.6 is 11.6 Å². The van der Waals surface area contributed by atoms with E-state index in [1.165, 1.54) is 0 Å². The van der Waals surface area contributed by atoms with Crippen LogP contribution < -0.4 is 4.74 Å². The van der Waals surface area contributed by atoms with Gasteiger partial charge in [-0.2, -0.15) is 0 Å². The number of hydrogen-bond acceptors (Lipinski definition) is 3. The van der Waals surface area contributed by atoms with E-state index >= 15 is 0 Å². The summed E-state index contributed by atoms with van der Waals surface area (Å²) in [6.07, 6.45) is 1.78. The van der Waals surface area contributed by atoms with E-state index in [0.29, 0.717) is 5.28 Å². The van der Waals surface area contributed by atoms with Crippen molar-refractivity contribution in [2.45, 2.75) is 26.7 Å². The molecule has 0 radical (unpaired) electrons. The molecular weight excluding hydrogens is 250 g/mol. The normalized spacial score (nSPS) is 10.6. The molecule has 0 aliphatic heterocycles. The van der Waals surface area contributed by atoms with Crippen molar-refractivity contribution >= 4 is 11.6 Å². The maximum atomic E-state index is 6.04. The number of benzene rings is 1. The molecule has 5 heteroatoms. The third kappa shape index (κ3) is 2.64. The molecule has 1 heterocycles. The van der Waals surface area contributed by atoms with E-state index in [0.717, 1.165) is 36.7 Å². The average molecular weight is 266 g/mol. The molecular formula is C13H16ClN3O. The highest BCUT2D eigenvalue weighted by Gasteiger charge is 2.10. The van der Waals surface area contributed by atoms with E-state index in [1.54, 1.807) is 0 Å². The van der Waals surface area contributed by atoms with Crippen LogP contribution in [0, 0.1) is 0 Å². The Bertz CT molecular complexity index is 507. The molecule has 0 amide bonds. The Morgan fingerprint density at radius 2 is 1.89 bits per heavy atom. The third-order valence-electron chi connectivity index (χ3n) is 2.57. The number of ether oxygens (including phenoxy) is 1. The Balaban J connectivity index is 2.25. The zero-order chi connectivity index (χ0) is 13.0. The first-order chi connectivity index (χ1) is 8.76. The molecule has 2 aromatic rings. The van der Waals surface area contributed by atoms with Gasteiger partial charge in [-0.25, -0.2) is 0 Å². The molecule has 4 nitrogen and oxygen atoms in total. The van der Waals surface area contributed by atoms with Crippen LogP contribution in [0.25, 0.3) is 5.69 Å². The van der Waals surface area contributed by atoms with Gasteiger partial charge in [0.25, 0.3) is 0 Å². The molecule has 2 rings (SSSR count). The fourth-order valence-corrected chi connectivity index (χ4v) is 1.92. The SMILES string of the molecule is CCCOc1ccc(-n2c(Cl)nnc2CC)cc1. The van der Waals surface area contributed by atoms with E-state index in [1.807, 2.05) is 35.8 Å². The Labute approximate surface area is 112 Å². The van der Waals surface area contributed by atoms with Crippen LogP contribution in [0.1, 0.15) is 26.1 Å². The monoisotopic (exact) mass is 265 g/mol. The highest BCUT2D eigenvalue weighted by molar-refractivity contribution is 6.28. The summed E-state index contributed by atoms with van der Waals surface area (Å²) < 4.78 is 7.38. The van der Waals surface area contributed by atoms with E-state index < -0.39 is 0 Å². The van der Waals surface area contributed by atoms with E-state index in [-0.39, 0.29) is 0 Å². The summed E-state index contributed by atoms with van der Waals surface area (Å²) >= 11 is 6.04. The molecule has 0 atom stereocenters. The number of rotatable bonds is 5. The Kier molecular flexibility index (Phi) is 4.20. The molecule has 0 saturated carbocycles. The van der Waals surface area contributed by atoms with Crippen molar-refractivity contribution in [1.82, 2.24) is 14.8 Å². The zero-order valence-electron chi connectivity index (χ0n) is 10.6. The van der Waals surface area contributed by atoms with Gasteiger partial charge in [-0.05, 0) is 42.3 Å². The second-order valence-electron chi connectivity index (χ2n) is 3.92. The average Bonchev–Trinajstić information content (AvgIpc) is 2.78. The van der Waals surface area contributed by atoms with Gasteiger partial charge in [-0.3, -0.25) is 4.57 Å². The van der Waals surface area contributed by atoms with Gasteiger partial charge >= 0.3 is 0 Å². The van der Waals surface area contributed by atoms with Gasteiger partial charge in [-0.15, -0.1) is 10.2 Å². The number of aryl methyl sites for hydroxylation is 1. The summed E-state index contributed by atoms with van der Waals surface area (Å²) in [4.78, 5) is 0. The van der Waals surface area contributed by atoms with Crippen molar-refractivity contribution in [2.24, 2.45) is 0 Å². The fraction of sp³-hybridized carbons (Fsp3) is 0.385. The Morgan fingerprint density at radius 3 is 2.50 bits per heavy atom. The molecule has 18 heavy (non-hydrogen) atoms. The van der Waals surface area contributed by atoms with Gasteiger partial charge in [-0.1, -0.05) is 13.8 Å². The van der Waals surface area contributed by atoms with Crippen LogP contribution in [0.15, 0.2) is 24.3 Å². The van der Waals surface area contributed by atoms with Gasteiger partial charge in [0.2, 0.25) is 5.28 Å². The quantitative estimate of drug-likeness (QED) is 0.833. The predicted molar refractivity (Wildman–Crippen MR) is 71.5 cm³/mol. The summed E-state index contributed by atoms with van der Waals surface area (Å²) in [5, 5.41) is 8.30. The first-order valence-electron chi connectivity index (χ1n) is 6.09. The lowest BCUT2D eigenvalue weighted by Crippen LogP contribution is -2.01. The van der Waals surface area contributed by atoms with Crippen LogP contribution in [-0.2, 0) is 6.42 Å². The maximum Gasteiger partial charge on any atom is 0.229 e. The minimum atomic E-state index is 0.383. The number of aromatic nitrogens is 3. The molecule has 0 aliphatic rings. The van der Waals surface area contributed by atoms with Crippen molar-refractivity contribution < 1.29 is 4.74 Å². The molecule has 0 unspecified atom stereocenters. The second kappa shape index (κ2) is 5.87. The van der Waals surface area contributed by atoms with Crippen molar-refractivity contribution in [3.8, 4) is 11.4 Å². The lowest BCUT2D eigenvalue weighted by molar-refractivity contribution is 0.317. The first-order valence-corrected chi connectivity index (χ1v) is 6.47. The summed E-state index contributed by atoms with van der Waals surface area (Å²) in [6.45, 7) is 4.83. The molecule has 96 valence electrons. The van der Waals surface area contributed by atoms with E-state index in [9.17, 15) is 0 Å². The maximum absolute atomic E-state index is 6.04. The fourth-order valence-electron chi connectivity index (χ4n) is 1.69. The van der Waals surface area contributed by atoms with Crippen LogP contribution in [0.3, 0.4) is 0 Å². The van der Waals surface area contributed by atoms with Crippen molar-refractivity contribution in [3.63, 3.8) is 0 Å². The van der Waals surface area contributed by atoms with Crippen molar-refractivity contribution in [3.05, 3.63) is 35.4 Å². The predicted octanol–water partition coefficient (Wildman–Crippen LogP) is 3.27. The van der Waals surface area contributed by atoms with Crippen LogP contribution in [0.5, 0.6) is 5.75 Å². The standard InChI is InChI=1S/C13H16ClN3O/c1-3-9-18-11-7-5-10(6-8-11)17-12(4-2)15-16-13(17)14/h5-8H,3-4,9H2,1-2H3. The van der Waals surface area contributed by atoms with Crippen LogP contribution in [0.2, 0.25) is 5.28 Å². The third-order valence-corrected chi connectivity index (χ3v) is 2.82. The number of halogens is 1. The van der Waals surface area contributed by atoms with Gasteiger partial charge < -0.3 is 4.74 Å². The van der Waals surface area contributed by atoms with Crippen LogP contribution in [-0.4, -0.2) is 21.4 Å². The summed E-state index contributed by atoms with van der Waals surface area (Å²) in [5.74, 6) is 1.71. The van der Waals surface area contributed by atoms with Gasteiger partial charge in [0.05, 0.1) is 12.3 Å². The number of nitrogens with zero attached hydrogens (tertiary/aromatic N) is 3.